The number of carbonyl (C=O) groups is 1. The van der Waals surface area contributed by atoms with E-state index in [2.05, 4.69) is 27.1 Å². The summed E-state index contributed by atoms with van der Waals surface area (Å²) in [5.41, 5.74) is 0.678. The van der Waals surface area contributed by atoms with Crippen molar-refractivity contribution in [3.63, 3.8) is 0 Å². The van der Waals surface area contributed by atoms with Gasteiger partial charge in [0, 0.05) is 25.0 Å². The number of aromatic nitrogens is 2. The Balaban J connectivity index is 1.73. The van der Waals surface area contributed by atoms with Gasteiger partial charge in [-0.2, -0.15) is 0 Å². The highest BCUT2D eigenvalue weighted by Gasteiger charge is 2.19. The van der Waals surface area contributed by atoms with E-state index in [1.54, 1.807) is 12.3 Å². The lowest BCUT2D eigenvalue weighted by Gasteiger charge is -2.30. The maximum Gasteiger partial charge on any atom is 0.274 e. The quantitative estimate of drug-likeness (QED) is 0.917. The van der Waals surface area contributed by atoms with Gasteiger partial charge in [0.25, 0.3) is 5.91 Å². The van der Waals surface area contributed by atoms with Crippen LogP contribution >= 0.6 is 11.6 Å². The molecule has 5 nitrogen and oxygen atoms in total. The van der Waals surface area contributed by atoms with E-state index in [4.69, 9.17) is 11.6 Å². The predicted molar refractivity (Wildman–Crippen MR) is 92.0 cm³/mol. The topological polar surface area (TPSA) is 58.1 Å². The third kappa shape index (κ3) is 3.82. The Hall–Kier alpha value is -2.21. The van der Waals surface area contributed by atoms with Crippen LogP contribution in [0.5, 0.6) is 0 Å². The molecule has 1 aliphatic heterocycles. The zero-order valence-corrected chi connectivity index (χ0v) is 14.1. The standard InChI is InChI=1S/C17H18ClFN4O/c1-11-5-8-23(9-6-11)17-20-7-4-15(22-17)16(24)21-12-2-3-14(19)13(18)10-12/h2-4,7,10-11H,5-6,8-9H2,1H3,(H,21,24). The lowest BCUT2D eigenvalue weighted by Crippen LogP contribution is -2.34. The highest BCUT2D eigenvalue weighted by molar-refractivity contribution is 6.31. The minimum absolute atomic E-state index is 0.0430. The van der Waals surface area contributed by atoms with Gasteiger partial charge in [-0.25, -0.2) is 14.4 Å². The number of nitrogens with zero attached hydrogens (tertiary/aromatic N) is 3. The number of nitrogens with one attached hydrogen (secondary N) is 1. The Morgan fingerprint density at radius 3 is 2.79 bits per heavy atom. The van der Waals surface area contributed by atoms with Gasteiger partial charge in [-0.05, 0) is 43.0 Å². The van der Waals surface area contributed by atoms with Gasteiger partial charge in [0.15, 0.2) is 0 Å². The Labute approximate surface area is 144 Å². The van der Waals surface area contributed by atoms with Gasteiger partial charge >= 0.3 is 0 Å². The average molecular weight is 349 g/mol. The second-order valence-electron chi connectivity index (χ2n) is 5.99. The lowest BCUT2D eigenvalue weighted by molar-refractivity contribution is 0.102. The molecule has 0 unspecified atom stereocenters. The van der Waals surface area contributed by atoms with Crippen molar-refractivity contribution in [1.82, 2.24) is 9.97 Å². The van der Waals surface area contributed by atoms with E-state index in [9.17, 15) is 9.18 Å². The number of benzene rings is 1. The van der Waals surface area contributed by atoms with Gasteiger partial charge in [-0.15, -0.1) is 0 Å². The van der Waals surface area contributed by atoms with E-state index in [1.165, 1.54) is 18.2 Å². The van der Waals surface area contributed by atoms with Gasteiger partial charge < -0.3 is 10.2 Å². The molecule has 0 bridgehead atoms. The number of hydrogen-bond acceptors (Lipinski definition) is 4. The fraction of sp³-hybridized carbons (Fsp3) is 0.353. The van der Waals surface area contributed by atoms with Crippen molar-refractivity contribution < 1.29 is 9.18 Å². The van der Waals surface area contributed by atoms with E-state index in [0.29, 0.717) is 17.6 Å². The minimum Gasteiger partial charge on any atom is -0.341 e. The first-order valence-corrected chi connectivity index (χ1v) is 8.25. The number of rotatable bonds is 3. The number of piperidine rings is 1. The number of halogens is 2. The van der Waals surface area contributed by atoms with Crippen molar-refractivity contribution in [2.75, 3.05) is 23.3 Å². The molecule has 0 atom stereocenters. The van der Waals surface area contributed by atoms with E-state index < -0.39 is 5.82 Å². The Kier molecular flexibility index (Phi) is 4.94. The molecule has 2 heterocycles. The lowest BCUT2D eigenvalue weighted by atomic mass is 10.00. The fourth-order valence-corrected chi connectivity index (χ4v) is 2.79. The van der Waals surface area contributed by atoms with Crippen molar-refractivity contribution in [2.24, 2.45) is 5.92 Å². The minimum atomic E-state index is -0.529. The molecular weight excluding hydrogens is 331 g/mol. The number of hydrogen-bond donors (Lipinski definition) is 1. The normalized spacial score (nSPS) is 15.4. The van der Waals surface area contributed by atoms with Gasteiger partial charge in [0.05, 0.1) is 5.02 Å². The zero-order valence-electron chi connectivity index (χ0n) is 13.3. The Morgan fingerprint density at radius 1 is 1.33 bits per heavy atom. The molecule has 1 fully saturated rings. The predicted octanol–water partition coefficient (Wildman–Crippen LogP) is 3.76. The van der Waals surface area contributed by atoms with Crippen LogP contribution in [0.15, 0.2) is 30.5 Å². The molecule has 2 aromatic rings. The molecule has 3 rings (SSSR count). The molecule has 0 saturated carbocycles. The van der Waals surface area contributed by atoms with E-state index in [1.807, 2.05) is 0 Å². The molecule has 7 heteroatoms. The van der Waals surface area contributed by atoms with Gasteiger partial charge in [-0.1, -0.05) is 18.5 Å². The van der Waals surface area contributed by atoms with Crippen molar-refractivity contribution >= 4 is 29.1 Å². The first-order chi connectivity index (χ1) is 11.5. The Morgan fingerprint density at radius 2 is 2.08 bits per heavy atom. The summed E-state index contributed by atoms with van der Waals surface area (Å²) in [4.78, 5) is 23.1. The molecule has 1 amide bonds. The first kappa shape index (κ1) is 16.6. The van der Waals surface area contributed by atoms with Crippen molar-refractivity contribution in [3.8, 4) is 0 Å². The summed E-state index contributed by atoms with van der Waals surface area (Å²) in [5, 5.41) is 2.62. The van der Waals surface area contributed by atoms with Crippen LogP contribution in [0.25, 0.3) is 0 Å². The average Bonchev–Trinajstić information content (AvgIpc) is 2.59. The molecule has 0 radical (unpaired) electrons. The van der Waals surface area contributed by atoms with Crippen LogP contribution in [0.2, 0.25) is 5.02 Å². The highest BCUT2D eigenvalue weighted by Crippen LogP contribution is 2.21. The van der Waals surface area contributed by atoms with Gasteiger partial charge in [0.2, 0.25) is 5.95 Å². The molecule has 0 spiro atoms. The van der Waals surface area contributed by atoms with Crippen molar-refractivity contribution in [2.45, 2.75) is 19.8 Å². The van der Waals surface area contributed by atoms with Crippen LogP contribution in [0.1, 0.15) is 30.3 Å². The maximum absolute atomic E-state index is 13.2. The van der Waals surface area contributed by atoms with Crippen LogP contribution in [0.4, 0.5) is 16.0 Å². The molecule has 0 aliphatic carbocycles. The third-order valence-corrected chi connectivity index (χ3v) is 4.41. The molecule has 126 valence electrons. The van der Waals surface area contributed by atoms with E-state index in [-0.39, 0.29) is 16.6 Å². The van der Waals surface area contributed by atoms with Crippen molar-refractivity contribution in [3.05, 3.63) is 47.0 Å². The Bertz CT molecular complexity index is 747. The van der Waals surface area contributed by atoms with Crippen molar-refractivity contribution in [1.29, 1.82) is 0 Å². The second kappa shape index (κ2) is 7.13. The van der Waals surface area contributed by atoms with Crippen LogP contribution in [-0.2, 0) is 0 Å². The summed E-state index contributed by atoms with van der Waals surface area (Å²) in [5.74, 6) is 0.354. The number of amides is 1. The van der Waals surface area contributed by atoms with Crippen LogP contribution in [0.3, 0.4) is 0 Å². The molecule has 1 aromatic carbocycles. The van der Waals surface area contributed by atoms with Gasteiger partial charge in [0.1, 0.15) is 11.5 Å². The fourth-order valence-electron chi connectivity index (χ4n) is 2.60. The summed E-state index contributed by atoms with van der Waals surface area (Å²) in [6.07, 6.45) is 3.76. The molecule has 24 heavy (non-hydrogen) atoms. The monoisotopic (exact) mass is 348 g/mol. The third-order valence-electron chi connectivity index (χ3n) is 4.12. The number of carbonyl (C=O) groups excluding carboxylic acids is 1. The van der Waals surface area contributed by atoms with Crippen LogP contribution < -0.4 is 10.2 Å². The molecule has 1 N–H and O–H groups in total. The summed E-state index contributed by atoms with van der Waals surface area (Å²) in [6, 6.07) is 5.57. The summed E-state index contributed by atoms with van der Waals surface area (Å²) in [6.45, 7) is 4.01. The molecule has 1 aromatic heterocycles. The van der Waals surface area contributed by atoms with E-state index >= 15 is 0 Å². The smallest absolute Gasteiger partial charge is 0.274 e. The molecule has 1 aliphatic rings. The maximum atomic E-state index is 13.2. The second-order valence-corrected chi connectivity index (χ2v) is 6.40. The SMILES string of the molecule is CC1CCN(c2nccc(C(=O)Nc3ccc(F)c(Cl)c3)n2)CC1. The summed E-state index contributed by atoms with van der Waals surface area (Å²) < 4.78 is 13.2. The molecule has 1 saturated heterocycles. The van der Waals surface area contributed by atoms with E-state index in [0.717, 1.165) is 25.9 Å². The zero-order chi connectivity index (χ0) is 17.1. The number of anilines is 2. The summed E-state index contributed by atoms with van der Waals surface area (Å²) in [7, 11) is 0. The summed E-state index contributed by atoms with van der Waals surface area (Å²) >= 11 is 5.72. The largest absolute Gasteiger partial charge is 0.341 e. The van der Waals surface area contributed by atoms with Gasteiger partial charge in [-0.3, -0.25) is 4.79 Å². The first-order valence-electron chi connectivity index (χ1n) is 7.87. The molecular formula is C17H18ClFN4O. The van der Waals surface area contributed by atoms with Crippen LogP contribution in [-0.4, -0.2) is 29.0 Å². The highest BCUT2D eigenvalue weighted by atomic mass is 35.5. The van der Waals surface area contributed by atoms with Crippen LogP contribution in [0, 0.1) is 11.7 Å².